The Morgan fingerprint density at radius 1 is 1.11 bits per heavy atom. The highest BCUT2D eigenvalue weighted by atomic mass is 35.5. The molecule has 27 heavy (non-hydrogen) atoms. The second-order valence-corrected chi connectivity index (χ2v) is 6.39. The second kappa shape index (κ2) is 7.85. The summed E-state index contributed by atoms with van der Waals surface area (Å²) < 4.78 is 5.26. The average Bonchev–Trinajstić information content (AvgIpc) is 2.72. The summed E-state index contributed by atoms with van der Waals surface area (Å²) >= 11 is 12.4. The lowest BCUT2D eigenvalue weighted by Gasteiger charge is -2.15. The monoisotopic (exact) mass is 404 g/mol. The minimum absolute atomic E-state index is 0.0603. The van der Waals surface area contributed by atoms with Gasteiger partial charge in [0.15, 0.2) is 5.84 Å². The van der Waals surface area contributed by atoms with Gasteiger partial charge in [-0.05, 0) is 18.2 Å². The molecule has 0 bridgehead atoms. The van der Waals surface area contributed by atoms with Crippen molar-refractivity contribution in [2.75, 3.05) is 0 Å². The van der Waals surface area contributed by atoms with Crippen molar-refractivity contribution < 1.29 is 14.3 Å². The van der Waals surface area contributed by atoms with Gasteiger partial charge in [-0.2, -0.15) is 0 Å². The Labute approximate surface area is 165 Å². The fraction of sp³-hybridized carbons (Fsp3) is 0.167. The number of carbonyl (C=O) groups is 2. The first-order valence-corrected chi connectivity index (χ1v) is 8.63. The molecule has 1 N–H and O–H groups in total. The van der Waals surface area contributed by atoms with Crippen LogP contribution in [-0.2, 0) is 14.3 Å². The number of ether oxygens (including phenoxy) is 1. The second-order valence-electron chi connectivity index (χ2n) is 5.60. The molecule has 1 unspecified atom stereocenters. The van der Waals surface area contributed by atoms with Crippen LogP contribution in [0.5, 0.6) is 0 Å². The van der Waals surface area contributed by atoms with Crippen molar-refractivity contribution >= 4 is 52.3 Å². The molecular weight excluding hydrogens is 391 g/mol. The molecule has 2 aromatic rings. The molecule has 1 aliphatic heterocycles. The fourth-order valence-electron chi connectivity index (χ4n) is 2.48. The van der Waals surface area contributed by atoms with Gasteiger partial charge in [-0.15, -0.1) is 0 Å². The third kappa shape index (κ3) is 4.32. The van der Waals surface area contributed by atoms with Crippen molar-refractivity contribution in [2.24, 2.45) is 9.98 Å². The highest BCUT2D eigenvalue weighted by Gasteiger charge is 2.28. The largest absolute Gasteiger partial charge is 0.432 e. The molecule has 138 valence electrons. The van der Waals surface area contributed by atoms with Crippen LogP contribution in [0.4, 0.5) is 5.69 Å². The van der Waals surface area contributed by atoms with Crippen LogP contribution >= 0.6 is 23.2 Å². The van der Waals surface area contributed by atoms with E-state index in [0.717, 1.165) is 0 Å². The first-order chi connectivity index (χ1) is 12.8. The van der Waals surface area contributed by atoms with Crippen molar-refractivity contribution in [3.8, 4) is 0 Å². The van der Waals surface area contributed by atoms with Gasteiger partial charge in [-0.25, -0.2) is 15.0 Å². The number of esters is 1. The Kier molecular flexibility index (Phi) is 5.53. The lowest BCUT2D eigenvalue weighted by Crippen LogP contribution is -2.39. The lowest BCUT2D eigenvalue weighted by molar-refractivity contribution is -0.143. The van der Waals surface area contributed by atoms with E-state index in [1.165, 1.54) is 13.8 Å². The number of fused-ring (bicyclic) bond motifs is 1. The van der Waals surface area contributed by atoms with Crippen LogP contribution < -0.4 is 5.32 Å². The third-order valence-electron chi connectivity index (χ3n) is 3.50. The Morgan fingerprint density at radius 2 is 1.85 bits per heavy atom. The average molecular weight is 405 g/mol. The first kappa shape index (κ1) is 19.0. The fourth-order valence-corrected chi connectivity index (χ4v) is 2.85. The molecule has 1 aromatic carbocycles. The number of hydrogen-bond donors (Lipinski definition) is 1. The molecular formula is C18H14Cl2N4O3. The highest BCUT2D eigenvalue weighted by Crippen LogP contribution is 2.29. The number of hydrogen-bond acceptors (Lipinski definition) is 6. The summed E-state index contributed by atoms with van der Waals surface area (Å²) in [5.41, 5.74) is 1.66. The number of amides is 1. The summed E-state index contributed by atoms with van der Waals surface area (Å²) in [4.78, 5) is 36.3. The molecule has 3 rings (SSSR count). The number of rotatable bonds is 2. The van der Waals surface area contributed by atoms with E-state index in [1.54, 1.807) is 36.4 Å². The predicted octanol–water partition coefficient (Wildman–Crippen LogP) is 3.29. The number of nitrogens with zero attached hydrogens (tertiary/aromatic N) is 3. The van der Waals surface area contributed by atoms with E-state index in [1.807, 2.05) is 0 Å². The highest BCUT2D eigenvalue weighted by molar-refractivity contribution is 6.36. The normalized spacial score (nSPS) is 15.8. The van der Waals surface area contributed by atoms with Crippen molar-refractivity contribution in [3.63, 3.8) is 0 Å². The minimum atomic E-state index is -1.18. The van der Waals surface area contributed by atoms with Gasteiger partial charge >= 0.3 is 5.97 Å². The van der Waals surface area contributed by atoms with E-state index >= 15 is 0 Å². The van der Waals surface area contributed by atoms with Crippen LogP contribution in [0, 0.1) is 0 Å². The maximum absolute atomic E-state index is 11.6. The topological polar surface area (TPSA) is 93.0 Å². The molecule has 1 aromatic heterocycles. The van der Waals surface area contributed by atoms with Gasteiger partial charge < -0.3 is 10.1 Å². The Hall–Kier alpha value is -2.77. The molecule has 0 saturated heterocycles. The van der Waals surface area contributed by atoms with Crippen molar-refractivity contribution in [1.29, 1.82) is 0 Å². The first-order valence-electron chi connectivity index (χ1n) is 7.88. The van der Waals surface area contributed by atoms with Gasteiger partial charge in [0.1, 0.15) is 10.8 Å². The number of aliphatic imine (C=N–C) groups is 2. The third-order valence-corrected chi connectivity index (χ3v) is 4.04. The standard InChI is InChI=1S/C18H14Cl2N4O3/c1-9(25)21-17-18(27-10(2)26)24-15(11-5-3-4-6-12(11)19)16-13(22-17)7-8-14(20)23-16/h3-8,18H,1-2H3,(H,21,22,25). The molecule has 0 radical (unpaired) electrons. The van der Waals surface area contributed by atoms with Crippen molar-refractivity contribution in [2.45, 2.75) is 20.1 Å². The van der Waals surface area contributed by atoms with E-state index in [-0.39, 0.29) is 16.9 Å². The van der Waals surface area contributed by atoms with Crippen molar-refractivity contribution in [3.05, 3.63) is 57.8 Å². The van der Waals surface area contributed by atoms with Crippen LogP contribution in [0.15, 0.2) is 46.4 Å². The van der Waals surface area contributed by atoms with E-state index in [2.05, 4.69) is 20.3 Å². The predicted molar refractivity (Wildman–Crippen MR) is 103 cm³/mol. The summed E-state index contributed by atoms with van der Waals surface area (Å²) in [6.07, 6.45) is -1.18. The van der Waals surface area contributed by atoms with Gasteiger partial charge in [0, 0.05) is 19.4 Å². The van der Waals surface area contributed by atoms with Crippen molar-refractivity contribution in [1.82, 2.24) is 10.3 Å². The van der Waals surface area contributed by atoms with Crippen LogP contribution in [-0.4, -0.2) is 34.6 Å². The quantitative estimate of drug-likeness (QED) is 0.613. The molecule has 0 spiro atoms. The van der Waals surface area contributed by atoms with Gasteiger partial charge in [0.05, 0.1) is 16.4 Å². The number of nitrogens with one attached hydrogen (secondary N) is 1. The van der Waals surface area contributed by atoms with E-state index in [9.17, 15) is 9.59 Å². The molecule has 0 saturated carbocycles. The van der Waals surface area contributed by atoms with Gasteiger partial charge in [0.25, 0.3) is 6.23 Å². The molecule has 9 heteroatoms. The molecule has 1 aliphatic rings. The van der Waals surface area contributed by atoms with E-state index in [4.69, 9.17) is 27.9 Å². The SMILES string of the molecule is CC(=O)NC1=Nc2ccc(Cl)nc2C(c2ccccc2Cl)=NC1OC(C)=O. The molecule has 0 fully saturated rings. The van der Waals surface area contributed by atoms with E-state index < -0.39 is 12.2 Å². The van der Waals surface area contributed by atoms with Gasteiger partial charge in [0.2, 0.25) is 5.91 Å². The summed E-state index contributed by atoms with van der Waals surface area (Å²) in [7, 11) is 0. The van der Waals surface area contributed by atoms with Crippen LogP contribution in [0.1, 0.15) is 25.1 Å². The summed E-state index contributed by atoms with van der Waals surface area (Å²) in [5, 5.41) is 3.21. The summed E-state index contributed by atoms with van der Waals surface area (Å²) in [6, 6.07) is 10.2. The number of benzene rings is 1. The maximum atomic E-state index is 11.6. The molecule has 2 heterocycles. The van der Waals surface area contributed by atoms with Gasteiger partial charge in [-0.3, -0.25) is 9.59 Å². The maximum Gasteiger partial charge on any atom is 0.304 e. The lowest BCUT2D eigenvalue weighted by atomic mass is 10.1. The smallest absolute Gasteiger partial charge is 0.304 e. The Balaban J connectivity index is 2.27. The minimum Gasteiger partial charge on any atom is -0.432 e. The van der Waals surface area contributed by atoms with Crippen LogP contribution in [0.3, 0.4) is 0 Å². The zero-order chi connectivity index (χ0) is 19.6. The summed E-state index contributed by atoms with van der Waals surface area (Å²) in [6.45, 7) is 2.56. The molecule has 1 atom stereocenters. The van der Waals surface area contributed by atoms with Crippen LogP contribution in [0.25, 0.3) is 0 Å². The van der Waals surface area contributed by atoms with E-state index in [0.29, 0.717) is 27.7 Å². The molecule has 1 amide bonds. The number of amidine groups is 1. The van der Waals surface area contributed by atoms with Crippen LogP contribution in [0.2, 0.25) is 10.2 Å². The number of pyridine rings is 1. The zero-order valence-corrected chi connectivity index (χ0v) is 15.9. The molecule has 0 aliphatic carbocycles. The number of carbonyl (C=O) groups excluding carboxylic acids is 2. The number of halogens is 2. The zero-order valence-electron chi connectivity index (χ0n) is 14.4. The Morgan fingerprint density at radius 3 is 2.52 bits per heavy atom. The molecule has 7 nitrogen and oxygen atoms in total. The Bertz CT molecular complexity index is 988. The number of aromatic nitrogens is 1. The van der Waals surface area contributed by atoms with Gasteiger partial charge in [-0.1, -0.05) is 41.4 Å². The summed E-state index contributed by atoms with van der Waals surface area (Å²) in [5.74, 6) is -0.909.